The highest BCUT2D eigenvalue weighted by Crippen LogP contribution is 2.23. The standard InChI is InChI=1S/C21H16FNO2S/c22-16-11-13-19(14-12-16)26-15-20(25-18-9-5-2-6-10-18)21(24)23-17-7-3-1-4-8-17/h1-15H,(H,23,24)/b20-15-. The molecule has 0 aliphatic heterocycles. The molecule has 0 atom stereocenters. The molecule has 5 heteroatoms. The molecule has 3 rings (SSSR count). The van der Waals surface area contributed by atoms with Crippen molar-refractivity contribution in [3.8, 4) is 5.75 Å². The van der Waals surface area contributed by atoms with Gasteiger partial charge >= 0.3 is 0 Å². The monoisotopic (exact) mass is 365 g/mol. The Hall–Kier alpha value is -3.05. The average Bonchev–Trinajstić information content (AvgIpc) is 2.68. The van der Waals surface area contributed by atoms with Crippen molar-refractivity contribution < 1.29 is 13.9 Å². The van der Waals surface area contributed by atoms with E-state index in [1.54, 1.807) is 41.8 Å². The van der Waals surface area contributed by atoms with E-state index >= 15 is 0 Å². The molecule has 0 bridgehead atoms. The van der Waals surface area contributed by atoms with E-state index in [0.29, 0.717) is 11.4 Å². The zero-order valence-electron chi connectivity index (χ0n) is 13.8. The number of nitrogens with one attached hydrogen (secondary N) is 1. The molecule has 1 N–H and O–H groups in total. The summed E-state index contributed by atoms with van der Waals surface area (Å²) < 4.78 is 18.8. The highest BCUT2D eigenvalue weighted by Gasteiger charge is 2.13. The predicted octanol–water partition coefficient (Wildman–Crippen LogP) is 5.48. The number of rotatable bonds is 6. The summed E-state index contributed by atoms with van der Waals surface area (Å²) in [5.41, 5.74) is 0.673. The number of para-hydroxylation sites is 2. The molecule has 0 spiro atoms. The minimum Gasteiger partial charge on any atom is -0.451 e. The van der Waals surface area contributed by atoms with Crippen LogP contribution in [-0.2, 0) is 4.79 Å². The minimum absolute atomic E-state index is 0.148. The second kappa shape index (κ2) is 8.87. The van der Waals surface area contributed by atoms with Crippen LogP contribution in [0.25, 0.3) is 0 Å². The largest absolute Gasteiger partial charge is 0.451 e. The van der Waals surface area contributed by atoms with Gasteiger partial charge in [0.25, 0.3) is 5.91 Å². The third-order valence-corrected chi connectivity index (χ3v) is 4.22. The zero-order chi connectivity index (χ0) is 18.2. The first-order valence-electron chi connectivity index (χ1n) is 7.92. The maximum absolute atomic E-state index is 13.0. The first-order valence-corrected chi connectivity index (χ1v) is 8.80. The van der Waals surface area contributed by atoms with E-state index in [-0.39, 0.29) is 17.5 Å². The van der Waals surface area contributed by atoms with Crippen LogP contribution in [0, 0.1) is 5.82 Å². The van der Waals surface area contributed by atoms with Crippen LogP contribution in [0.15, 0.2) is 101 Å². The molecular weight excluding hydrogens is 349 g/mol. The van der Waals surface area contributed by atoms with Crippen LogP contribution in [0.5, 0.6) is 5.75 Å². The maximum Gasteiger partial charge on any atom is 0.291 e. The molecule has 0 unspecified atom stereocenters. The summed E-state index contributed by atoms with van der Waals surface area (Å²) in [6.45, 7) is 0. The fourth-order valence-electron chi connectivity index (χ4n) is 2.09. The second-order valence-corrected chi connectivity index (χ2v) is 6.23. The molecule has 0 fully saturated rings. The Kier molecular flexibility index (Phi) is 6.06. The van der Waals surface area contributed by atoms with E-state index in [2.05, 4.69) is 5.32 Å². The summed E-state index contributed by atoms with van der Waals surface area (Å²) in [6, 6.07) is 24.2. The molecule has 3 nitrogen and oxygen atoms in total. The first-order chi connectivity index (χ1) is 12.7. The van der Waals surface area contributed by atoms with Gasteiger partial charge in [0.15, 0.2) is 5.76 Å². The van der Waals surface area contributed by atoms with Gasteiger partial charge in [0.1, 0.15) is 11.6 Å². The summed E-state index contributed by atoms with van der Waals surface area (Å²) in [7, 11) is 0. The molecule has 0 aliphatic carbocycles. The van der Waals surface area contributed by atoms with Gasteiger partial charge in [-0.05, 0) is 48.5 Å². The van der Waals surface area contributed by atoms with Crippen molar-refractivity contribution >= 4 is 23.4 Å². The summed E-state index contributed by atoms with van der Waals surface area (Å²) in [4.78, 5) is 13.4. The number of carbonyl (C=O) groups excluding carboxylic acids is 1. The van der Waals surface area contributed by atoms with Gasteiger partial charge in [-0.15, -0.1) is 0 Å². The Balaban J connectivity index is 1.79. The fraction of sp³-hybridized carbons (Fsp3) is 0. The van der Waals surface area contributed by atoms with Crippen molar-refractivity contribution in [3.63, 3.8) is 0 Å². The van der Waals surface area contributed by atoms with Crippen molar-refractivity contribution in [3.05, 3.63) is 102 Å². The van der Waals surface area contributed by atoms with Crippen molar-refractivity contribution in [2.75, 3.05) is 5.32 Å². The highest BCUT2D eigenvalue weighted by atomic mass is 32.2. The van der Waals surface area contributed by atoms with Gasteiger partial charge < -0.3 is 10.1 Å². The highest BCUT2D eigenvalue weighted by molar-refractivity contribution is 8.02. The van der Waals surface area contributed by atoms with Crippen LogP contribution in [0.3, 0.4) is 0 Å². The number of anilines is 1. The smallest absolute Gasteiger partial charge is 0.291 e. The van der Waals surface area contributed by atoms with Crippen LogP contribution in [0.4, 0.5) is 10.1 Å². The van der Waals surface area contributed by atoms with Gasteiger partial charge in [-0.2, -0.15) is 0 Å². The molecule has 0 saturated carbocycles. The van der Waals surface area contributed by atoms with Gasteiger partial charge in [-0.25, -0.2) is 4.39 Å². The zero-order valence-corrected chi connectivity index (χ0v) is 14.6. The summed E-state index contributed by atoms with van der Waals surface area (Å²) in [6.07, 6.45) is 0. The molecule has 1 amide bonds. The van der Waals surface area contributed by atoms with Crippen LogP contribution >= 0.6 is 11.8 Å². The molecule has 3 aromatic carbocycles. The van der Waals surface area contributed by atoms with E-state index in [1.807, 2.05) is 36.4 Å². The number of ether oxygens (including phenoxy) is 1. The molecule has 3 aromatic rings. The molecular formula is C21H16FNO2S. The SMILES string of the molecule is O=C(Nc1ccccc1)/C(=C/Sc1ccc(F)cc1)Oc1ccccc1. The molecule has 0 radical (unpaired) electrons. The Labute approximate surface area is 155 Å². The lowest BCUT2D eigenvalue weighted by Crippen LogP contribution is -2.18. The first kappa shape index (κ1) is 17.8. The Morgan fingerprint density at radius 1 is 0.885 bits per heavy atom. The van der Waals surface area contributed by atoms with Crippen LogP contribution in [0.1, 0.15) is 0 Å². The van der Waals surface area contributed by atoms with Gasteiger partial charge in [-0.1, -0.05) is 48.2 Å². The van der Waals surface area contributed by atoms with E-state index in [0.717, 1.165) is 4.90 Å². The third kappa shape index (κ3) is 5.22. The third-order valence-electron chi connectivity index (χ3n) is 3.34. The van der Waals surface area contributed by atoms with E-state index in [1.165, 1.54) is 23.9 Å². The Morgan fingerprint density at radius 2 is 1.50 bits per heavy atom. The molecule has 0 saturated heterocycles. The molecule has 0 aliphatic rings. The van der Waals surface area contributed by atoms with Crippen LogP contribution in [-0.4, -0.2) is 5.91 Å². The average molecular weight is 365 g/mol. The number of carbonyl (C=O) groups is 1. The lowest BCUT2D eigenvalue weighted by Gasteiger charge is -2.11. The van der Waals surface area contributed by atoms with Gasteiger partial charge in [-0.3, -0.25) is 4.79 Å². The number of halogens is 1. The maximum atomic E-state index is 13.0. The van der Waals surface area contributed by atoms with Gasteiger partial charge in [0, 0.05) is 16.0 Å². The lowest BCUT2D eigenvalue weighted by molar-refractivity contribution is -0.114. The Morgan fingerprint density at radius 3 is 2.15 bits per heavy atom. The molecule has 0 aromatic heterocycles. The van der Waals surface area contributed by atoms with Gasteiger partial charge in [0.05, 0.1) is 0 Å². The summed E-state index contributed by atoms with van der Waals surface area (Å²) >= 11 is 1.28. The van der Waals surface area contributed by atoms with Crippen molar-refractivity contribution in [2.24, 2.45) is 0 Å². The summed E-state index contributed by atoms with van der Waals surface area (Å²) in [5, 5.41) is 4.41. The summed E-state index contributed by atoms with van der Waals surface area (Å²) in [5.74, 6) is 0.0339. The van der Waals surface area contributed by atoms with Crippen molar-refractivity contribution in [1.29, 1.82) is 0 Å². The van der Waals surface area contributed by atoms with E-state index in [9.17, 15) is 9.18 Å². The van der Waals surface area contributed by atoms with Crippen molar-refractivity contribution in [1.82, 2.24) is 0 Å². The molecule has 130 valence electrons. The molecule has 0 heterocycles. The quantitative estimate of drug-likeness (QED) is 0.357. The lowest BCUT2D eigenvalue weighted by atomic mass is 10.3. The number of thioether (sulfide) groups is 1. The topological polar surface area (TPSA) is 38.3 Å². The van der Waals surface area contributed by atoms with E-state index in [4.69, 9.17) is 4.74 Å². The second-order valence-electron chi connectivity index (χ2n) is 5.29. The van der Waals surface area contributed by atoms with E-state index < -0.39 is 0 Å². The Bertz CT molecular complexity index is 881. The normalized spacial score (nSPS) is 11.0. The number of benzene rings is 3. The fourth-order valence-corrected chi connectivity index (χ4v) is 2.78. The number of amides is 1. The van der Waals surface area contributed by atoms with Gasteiger partial charge in [0.2, 0.25) is 0 Å². The minimum atomic E-state index is -0.366. The number of hydrogen-bond donors (Lipinski definition) is 1. The van der Waals surface area contributed by atoms with Crippen molar-refractivity contribution in [2.45, 2.75) is 4.90 Å². The van der Waals surface area contributed by atoms with Crippen LogP contribution in [0.2, 0.25) is 0 Å². The van der Waals surface area contributed by atoms with Crippen LogP contribution < -0.4 is 10.1 Å². The number of hydrogen-bond acceptors (Lipinski definition) is 3. The molecule has 26 heavy (non-hydrogen) atoms. The predicted molar refractivity (Wildman–Crippen MR) is 102 cm³/mol.